The van der Waals surface area contributed by atoms with Gasteiger partial charge in [-0.1, -0.05) is 27.7 Å². The van der Waals surface area contributed by atoms with Crippen molar-refractivity contribution in [3.63, 3.8) is 0 Å². The van der Waals surface area contributed by atoms with Gasteiger partial charge in [-0.3, -0.25) is 29.5 Å². The zero-order valence-electron chi connectivity index (χ0n) is 21.6. The Hall–Kier alpha value is -3.45. The molecule has 0 heterocycles. The second kappa shape index (κ2) is 16.3. The summed E-state index contributed by atoms with van der Waals surface area (Å²) in [4.78, 5) is 52.9. The number of aliphatic imine (C=N–C) groups is 1. The van der Waals surface area contributed by atoms with Crippen molar-refractivity contribution in [1.29, 1.82) is 0 Å². The molecule has 0 unspecified atom stereocenters. The number of nitro benzene ring substituents is 1. The van der Waals surface area contributed by atoms with Crippen LogP contribution in [0.15, 0.2) is 29.3 Å². The number of nitrogens with zero attached hydrogens (tertiary/aromatic N) is 2. The van der Waals surface area contributed by atoms with Crippen LogP contribution in [0.4, 0.5) is 11.4 Å². The van der Waals surface area contributed by atoms with Crippen molar-refractivity contribution in [3.8, 4) is 0 Å². The first-order chi connectivity index (χ1) is 16.8. The minimum absolute atomic E-state index is 0. The lowest BCUT2D eigenvalue weighted by atomic mass is 10.00. The normalized spacial score (nSPS) is 13.1. The maximum absolute atomic E-state index is 13.1. The number of rotatable bonds is 14. The highest BCUT2D eigenvalue weighted by Gasteiger charge is 2.29. The lowest BCUT2D eigenvalue weighted by Crippen LogP contribution is -2.56. The van der Waals surface area contributed by atoms with Crippen LogP contribution in [0.1, 0.15) is 47.0 Å². The molecule has 208 valence electrons. The molecule has 3 amide bonds. The predicted octanol–water partition coefficient (Wildman–Crippen LogP) is 1.01. The first kappa shape index (κ1) is 33.5. The molecule has 0 aliphatic carbocycles. The van der Waals surface area contributed by atoms with E-state index in [1.54, 1.807) is 13.8 Å². The Morgan fingerprint density at radius 3 is 2.03 bits per heavy atom. The lowest BCUT2D eigenvalue weighted by molar-refractivity contribution is -0.384. The number of guanidine groups is 1. The van der Waals surface area contributed by atoms with Gasteiger partial charge in [0.15, 0.2) is 5.96 Å². The standard InChI is InChI=1S/C23H38N8O5.ClH/c1-13(2)12-18(30-22(34)19(24)14(3)4)21(33)29-17(6-5-11-27-23(25)26)20(32)28-15-7-9-16(10-8-15)31(35)36;/h7-10,13-14,17-19H,5-6,11-12,24H2,1-4H3,(H,28,32)(H,29,33)(H,30,34)(H4,25,26,27);1H/t17-,18-,19+;/m0./s1. The Kier molecular flexibility index (Phi) is 14.8. The first-order valence-corrected chi connectivity index (χ1v) is 11.8. The van der Waals surface area contributed by atoms with Gasteiger partial charge in [0, 0.05) is 24.4 Å². The third kappa shape index (κ3) is 12.4. The van der Waals surface area contributed by atoms with Gasteiger partial charge in [0.05, 0.1) is 11.0 Å². The lowest BCUT2D eigenvalue weighted by Gasteiger charge is -2.26. The molecule has 0 spiro atoms. The van der Waals surface area contributed by atoms with Crippen molar-refractivity contribution < 1.29 is 19.3 Å². The number of nitrogens with two attached hydrogens (primary N) is 3. The molecule has 1 rings (SSSR count). The van der Waals surface area contributed by atoms with Gasteiger partial charge in [-0.05, 0) is 43.2 Å². The summed E-state index contributed by atoms with van der Waals surface area (Å²) >= 11 is 0. The number of carbonyl (C=O) groups is 3. The van der Waals surface area contributed by atoms with Crippen molar-refractivity contribution in [2.75, 3.05) is 11.9 Å². The van der Waals surface area contributed by atoms with Gasteiger partial charge in [-0.25, -0.2) is 0 Å². The van der Waals surface area contributed by atoms with Crippen LogP contribution in [0.2, 0.25) is 0 Å². The largest absolute Gasteiger partial charge is 0.370 e. The molecule has 1 aromatic carbocycles. The topological polar surface area (TPSA) is 221 Å². The number of anilines is 1. The molecule has 0 radical (unpaired) electrons. The molecule has 9 N–H and O–H groups in total. The Labute approximate surface area is 222 Å². The van der Waals surface area contributed by atoms with Crippen LogP contribution in [0.5, 0.6) is 0 Å². The van der Waals surface area contributed by atoms with Gasteiger partial charge in [-0.15, -0.1) is 12.4 Å². The molecule has 0 saturated heterocycles. The molecule has 1 aromatic rings. The van der Waals surface area contributed by atoms with Crippen LogP contribution >= 0.6 is 12.4 Å². The molecule has 0 bridgehead atoms. The summed E-state index contributed by atoms with van der Waals surface area (Å²) in [6.45, 7) is 7.66. The highest BCUT2D eigenvalue weighted by molar-refractivity contribution is 5.98. The van der Waals surface area contributed by atoms with Crippen LogP contribution in [0.3, 0.4) is 0 Å². The SMILES string of the molecule is CC(C)C[C@H](NC(=O)[C@H](N)C(C)C)C(=O)N[C@@H](CCCN=C(N)N)C(=O)Nc1ccc([N+](=O)[O-])cc1.Cl. The summed E-state index contributed by atoms with van der Waals surface area (Å²) in [5.41, 5.74) is 16.8. The number of carbonyl (C=O) groups excluding carboxylic acids is 3. The molecule has 14 heteroatoms. The van der Waals surface area contributed by atoms with Gasteiger partial charge >= 0.3 is 0 Å². The molecule has 37 heavy (non-hydrogen) atoms. The summed E-state index contributed by atoms with van der Waals surface area (Å²) in [7, 11) is 0. The summed E-state index contributed by atoms with van der Waals surface area (Å²) in [5, 5.41) is 18.9. The van der Waals surface area contributed by atoms with E-state index in [1.165, 1.54) is 24.3 Å². The van der Waals surface area contributed by atoms with E-state index in [-0.39, 0.29) is 48.9 Å². The summed E-state index contributed by atoms with van der Waals surface area (Å²) in [5.74, 6) is -1.65. The molecule has 0 aliphatic rings. The summed E-state index contributed by atoms with van der Waals surface area (Å²) < 4.78 is 0. The third-order valence-electron chi connectivity index (χ3n) is 5.29. The number of halogens is 1. The predicted molar refractivity (Wildman–Crippen MR) is 145 cm³/mol. The maximum atomic E-state index is 13.1. The Morgan fingerprint density at radius 2 is 1.54 bits per heavy atom. The van der Waals surface area contributed by atoms with Gasteiger partial charge in [-0.2, -0.15) is 0 Å². The summed E-state index contributed by atoms with van der Waals surface area (Å²) in [6.07, 6.45) is 0.929. The number of nitrogens with one attached hydrogen (secondary N) is 3. The fraction of sp³-hybridized carbons (Fsp3) is 0.565. The van der Waals surface area contributed by atoms with Gasteiger partial charge < -0.3 is 33.2 Å². The molecule has 0 aromatic heterocycles. The Morgan fingerprint density at radius 1 is 0.973 bits per heavy atom. The van der Waals surface area contributed by atoms with E-state index >= 15 is 0 Å². The highest BCUT2D eigenvalue weighted by atomic mass is 35.5. The second-order valence-electron chi connectivity index (χ2n) is 9.26. The number of benzene rings is 1. The molecule has 0 fully saturated rings. The number of non-ortho nitro benzene ring substituents is 1. The fourth-order valence-corrected chi connectivity index (χ4v) is 3.21. The van der Waals surface area contributed by atoms with Crippen LogP contribution in [0, 0.1) is 22.0 Å². The molecule has 0 aliphatic heterocycles. The van der Waals surface area contributed by atoms with E-state index in [4.69, 9.17) is 17.2 Å². The Balaban J connectivity index is 0.0000130. The number of hydrogen-bond donors (Lipinski definition) is 6. The van der Waals surface area contributed by atoms with Crippen molar-refractivity contribution >= 4 is 47.5 Å². The maximum Gasteiger partial charge on any atom is 0.269 e. The van der Waals surface area contributed by atoms with Gasteiger partial charge in [0.2, 0.25) is 17.7 Å². The first-order valence-electron chi connectivity index (χ1n) is 11.8. The highest BCUT2D eigenvalue weighted by Crippen LogP contribution is 2.16. The van der Waals surface area contributed by atoms with Crippen molar-refractivity contribution in [3.05, 3.63) is 34.4 Å². The number of hydrogen-bond acceptors (Lipinski definition) is 7. The molecular formula is C23H39ClN8O5. The van der Waals surface area contributed by atoms with Gasteiger partial charge in [0.1, 0.15) is 12.1 Å². The van der Waals surface area contributed by atoms with Crippen molar-refractivity contribution in [1.82, 2.24) is 10.6 Å². The minimum Gasteiger partial charge on any atom is -0.370 e. The zero-order valence-corrected chi connectivity index (χ0v) is 22.4. The molecule has 13 nitrogen and oxygen atoms in total. The average molecular weight is 543 g/mol. The summed E-state index contributed by atoms with van der Waals surface area (Å²) in [6, 6.07) is 2.64. The van der Waals surface area contributed by atoms with Gasteiger partial charge in [0.25, 0.3) is 5.69 Å². The molecular weight excluding hydrogens is 504 g/mol. The monoisotopic (exact) mass is 542 g/mol. The van der Waals surface area contributed by atoms with E-state index in [2.05, 4.69) is 20.9 Å². The third-order valence-corrected chi connectivity index (χ3v) is 5.29. The number of amides is 3. The number of nitro groups is 1. The Bertz CT molecular complexity index is 936. The van der Waals surface area contributed by atoms with Crippen LogP contribution < -0.4 is 33.2 Å². The quantitative estimate of drug-likeness (QED) is 0.0652. The van der Waals surface area contributed by atoms with Crippen LogP contribution in [0.25, 0.3) is 0 Å². The van der Waals surface area contributed by atoms with E-state index in [0.29, 0.717) is 18.5 Å². The van der Waals surface area contributed by atoms with Crippen molar-refractivity contribution in [2.24, 2.45) is 34.0 Å². The van der Waals surface area contributed by atoms with Crippen LogP contribution in [-0.4, -0.2) is 53.3 Å². The van der Waals surface area contributed by atoms with E-state index < -0.39 is 40.8 Å². The fourth-order valence-electron chi connectivity index (χ4n) is 3.21. The minimum atomic E-state index is -0.979. The second-order valence-corrected chi connectivity index (χ2v) is 9.26. The molecule has 0 saturated carbocycles. The van der Waals surface area contributed by atoms with E-state index in [9.17, 15) is 24.5 Å². The van der Waals surface area contributed by atoms with E-state index in [0.717, 1.165) is 0 Å². The molecule has 3 atom stereocenters. The smallest absolute Gasteiger partial charge is 0.269 e. The average Bonchev–Trinajstić information content (AvgIpc) is 2.79. The van der Waals surface area contributed by atoms with E-state index in [1.807, 2.05) is 13.8 Å². The van der Waals surface area contributed by atoms with Crippen molar-refractivity contribution in [2.45, 2.75) is 65.1 Å². The zero-order chi connectivity index (χ0) is 27.4. The van der Waals surface area contributed by atoms with Crippen LogP contribution in [-0.2, 0) is 14.4 Å².